The highest BCUT2D eigenvalue weighted by Gasteiger charge is 2.46. The number of imidazole rings is 1. The number of aromatic nitrogens is 3. The number of ether oxygens (including phenoxy) is 1. The molecule has 4 aromatic rings. The lowest BCUT2D eigenvalue weighted by Crippen LogP contribution is -2.19. The van der Waals surface area contributed by atoms with Crippen LogP contribution >= 0.6 is 37.2 Å². The molecule has 5 nitrogen and oxygen atoms in total. The second-order valence-corrected chi connectivity index (χ2v) is 7.92. The molecule has 0 radical (unpaired) electrons. The Morgan fingerprint density at radius 3 is 2.44 bits per heavy atom. The average molecular weight is 492 g/mol. The zero-order valence-corrected chi connectivity index (χ0v) is 19.9. The molecule has 0 bridgehead atoms. The van der Waals surface area contributed by atoms with Crippen molar-refractivity contribution < 1.29 is 4.74 Å². The summed E-state index contributed by atoms with van der Waals surface area (Å²) in [7, 11) is 1.64. The highest BCUT2D eigenvalue weighted by molar-refractivity contribution is 5.86. The summed E-state index contributed by atoms with van der Waals surface area (Å²) < 4.78 is 7.69. The third-order valence-corrected chi connectivity index (χ3v) is 6.41. The summed E-state index contributed by atoms with van der Waals surface area (Å²) in [6.45, 7) is 2.05. The fourth-order valence-corrected chi connectivity index (χ4v) is 5.07. The van der Waals surface area contributed by atoms with Crippen LogP contribution in [0.4, 0.5) is 0 Å². The van der Waals surface area contributed by atoms with Crippen molar-refractivity contribution in [2.75, 3.05) is 20.2 Å². The van der Waals surface area contributed by atoms with E-state index in [-0.39, 0.29) is 37.2 Å². The number of nitrogens with zero attached hydrogens (tertiary/aromatic N) is 3. The van der Waals surface area contributed by atoms with E-state index in [1.807, 2.05) is 12.3 Å². The molecule has 32 heavy (non-hydrogen) atoms. The van der Waals surface area contributed by atoms with Crippen LogP contribution in [0, 0.1) is 5.92 Å². The maximum absolute atomic E-state index is 5.20. The topological polar surface area (TPSA) is 52.0 Å². The van der Waals surface area contributed by atoms with Crippen LogP contribution in [-0.4, -0.2) is 34.7 Å². The van der Waals surface area contributed by atoms with E-state index in [9.17, 15) is 0 Å². The van der Waals surface area contributed by atoms with E-state index in [0.717, 1.165) is 29.7 Å². The second kappa shape index (κ2) is 9.67. The number of rotatable bonds is 3. The Bertz CT molecular complexity index is 1200. The third kappa shape index (κ3) is 3.73. The number of pyridine rings is 1. The molecule has 168 valence electrons. The third-order valence-electron chi connectivity index (χ3n) is 6.41. The molecule has 8 heteroatoms. The second-order valence-electron chi connectivity index (χ2n) is 7.92. The summed E-state index contributed by atoms with van der Waals surface area (Å²) in [4.78, 5) is 9.43. The lowest BCUT2D eigenvalue weighted by atomic mass is 9.88. The van der Waals surface area contributed by atoms with Crippen molar-refractivity contribution in [2.45, 2.75) is 12.0 Å². The summed E-state index contributed by atoms with van der Waals surface area (Å²) in [5.74, 6) is 2.87. The zero-order valence-electron chi connectivity index (χ0n) is 17.5. The summed E-state index contributed by atoms with van der Waals surface area (Å²) in [6, 6.07) is 21.7. The van der Waals surface area contributed by atoms with Crippen molar-refractivity contribution in [3.8, 4) is 17.0 Å². The highest BCUT2D eigenvalue weighted by atomic mass is 35.5. The summed E-state index contributed by atoms with van der Waals surface area (Å²) >= 11 is 0. The molecular formula is C24H25Cl3N4O. The van der Waals surface area contributed by atoms with Crippen LogP contribution in [0.1, 0.15) is 23.3 Å². The van der Waals surface area contributed by atoms with Crippen LogP contribution < -0.4 is 10.1 Å². The SMILES string of the molecule is COc1ccc(-c2ccc3nc4n(c3c2)C(c2ccccc2)C2CNCC42)cn1.Cl.Cl.Cl. The van der Waals surface area contributed by atoms with Crippen molar-refractivity contribution in [3.63, 3.8) is 0 Å². The van der Waals surface area contributed by atoms with E-state index >= 15 is 0 Å². The van der Waals surface area contributed by atoms with Gasteiger partial charge < -0.3 is 14.6 Å². The standard InChI is InChI=1S/C24H22N4O.3ClH/c1-29-22-10-8-17(12-26-22)16-7-9-20-21(11-16)28-23(15-5-3-2-4-6-15)18-13-25-14-19(18)24(28)27-20;;;/h2-12,18-19,23,25H,13-14H2,1H3;3*1H. The minimum atomic E-state index is 0. The van der Waals surface area contributed by atoms with Gasteiger partial charge in [-0.2, -0.15) is 0 Å². The number of methoxy groups -OCH3 is 1. The molecule has 3 atom stereocenters. The van der Waals surface area contributed by atoms with Gasteiger partial charge in [0.1, 0.15) is 5.82 Å². The Labute approximate surface area is 205 Å². The first-order valence-corrected chi connectivity index (χ1v) is 10.1. The molecule has 1 N–H and O–H groups in total. The molecule has 6 rings (SSSR count). The van der Waals surface area contributed by atoms with Crippen molar-refractivity contribution >= 4 is 48.3 Å². The van der Waals surface area contributed by atoms with E-state index in [1.54, 1.807) is 7.11 Å². The maximum Gasteiger partial charge on any atom is 0.212 e. The smallest absolute Gasteiger partial charge is 0.212 e. The first-order valence-electron chi connectivity index (χ1n) is 10.1. The van der Waals surface area contributed by atoms with Crippen LogP contribution in [0.5, 0.6) is 5.88 Å². The molecule has 0 saturated carbocycles. The first kappa shape index (κ1) is 24.3. The number of halogens is 3. The van der Waals surface area contributed by atoms with Gasteiger partial charge in [-0.15, -0.1) is 37.2 Å². The van der Waals surface area contributed by atoms with Crippen molar-refractivity contribution in [1.29, 1.82) is 0 Å². The zero-order chi connectivity index (χ0) is 19.4. The van der Waals surface area contributed by atoms with Gasteiger partial charge in [0.25, 0.3) is 0 Å². The van der Waals surface area contributed by atoms with E-state index in [2.05, 4.69) is 69.5 Å². The van der Waals surface area contributed by atoms with Gasteiger partial charge in [0.05, 0.1) is 24.2 Å². The molecule has 2 aliphatic heterocycles. The largest absolute Gasteiger partial charge is 0.481 e. The van der Waals surface area contributed by atoms with Crippen molar-refractivity contribution in [1.82, 2.24) is 19.9 Å². The molecule has 4 heterocycles. The van der Waals surface area contributed by atoms with Crippen LogP contribution in [0.3, 0.4) is 0 Å². The Hall–Kier alpha value is -2.31. The quantitative estimate of drug-likeness (QED) is 0.424. The Balaban J connectivity index is 0.000000963. The normalized spacial score (nSPS) is 20.5. The average Bonchev–Trinajstić information content (AvgIpc) is 3.46. The molecule has 3 unspecified atom stereocenters. The fourth-order valence-electron chi connectivity index (χ4n) is 5.07. The van der Waals surface area contributed by atoms with Gasteiger partial charge in [-0.3, -0.25) is 0 Å². The number of fused-ring (bicyclic) bond motifs is 5. The molecule has 2 aromatic carbocycles. The van der Waals surface area contributed by atoms with Crippen LogP contribution in [0.25, 0.3) is 22.2 Å². The summed E-state index contributed by atoms with van der Waals surface area (Å²) in [6.07, 6.45) is 1.87. The lowest BCUT2D eigenvalue weighted by molar-refractivity contribution is 0.398. The van der Waals surface area contributed by atoms with E-state index < -0.39 is 0 Å². The Morgan fingerprint density at radius 2 is 1.72 bits per heavy atom. The number of benzene rings is 2. The first-order chi connectivity index (χ1) is 14.3. The minimum absolute atomic E-state index is 0. The van der Waals surface area contributed by atoms with Gasteiger partial charge in [0.15, 0.2) is 0 Å². The van der Waals surface area contributed by atoms with E-state index in [0.29, 0.717) is 23.8 Å². The van der Waals surface area contributed by atoms with Gasteiger partial charge in [0, 0.05) is 42.8 Å². The number of hydrogen-bond donors (Lipinski definition) is 1. The van der Waals surface area contributed by atoms with Gasteiger partial charge in [-0.1, -0.05) is 36.4 Å². The minimum Gasteiger partial charge on any atom is -0.481 e. The molecule has 2 aromatic heterocycles. The van der Waals surface area contributed by atoms with E-state index in [4.69, 9.17) is 9.72 Å². The van der Waals surface area contributed by atoms with Crippen LogP contribution in [0.2, 0.25) is 0 Å². The van der Waals surface area contributed by atoms with E-state index in [1.165, 1.54) is 16.9 Å². The molecule has 0 aliphatic carbocycles. The molecular weight excluding hydrogens is 467 g/mol. The summed E-state index contributed by atoms with van der Waals surface area (Å²) in [5.41, 5.74) is 5.87. The molecule has 1 fully saturated rings. The predicted molar refractivity (Wildman–Crippen MR) is 135 cm³/mol. The molecule has 2 aliphatic rings. The highest BCUT2D eigenvalue weighted by Crippen LogP contribution is 2.48. The monoisotopic (exact) mass is 490 g/mol. The fraction of sp³-hybridized carbons (Fsp3) is 0.250. The maximum atomic E-state index is 5.20. The van der Waals surface area contributed by atoms with Gasteiger partial charge in [0.2, 0.25) is 5.88 Å². The van der Waals surface area contributed by atoms with Crippen molar-refractivity contribution in [3.05, 3.63) is 78.2 Å². The van der Waals surface area contributed by atoms with Gasteiger partial charge in [-0.05, 0) is 29.3 Å². The molecule has 1 saturated heterocycles. The number of hydrogen-bond acceptors (Lipinski definition) is 4. The Kier molecular flexibility index (Phi) is 7.36. The number of nitrogens with one attached hydrogen (secondary N) is 1. The predicted octanol–water partition coefficient (Wildman–Crippen LogP) is 5.28. The summed E-state index contributed by atoms with van der Waals surface area (Å²) in [5, 5.41) is 3.58. The van der Waals surface area contributed by atoms with Gasteiger partial charge >= 0.3 is 0 Å². The van der Waals surface area contributed by atoms with Crippen LogP contribution in [0.15, 0.2) is 66.9 Å². The van der Waals surface area contributed by atoms with Crippen LogP contribution in [-0.2, 0) is 0 Å². The molecule has 0 spiro atoms. The van der Waals surface area contributed by atoms with Gasteiger partial charge in [-0.25, -0.2) is 9.97 Å². The van der Waals surface area contributed by atoms with Crippen molar-refractivity contribution in [2.24, 2.45) is 5.92 Å². The Morgan fingerprint density at radius 1 is 0.938 bits per heavy atom. The lowest BCUT2D eigenvalue weighted by Gasteiger charge is -2.21. The molecule has 0 amide bonds.